The number of anilines is 1. The van der Waals surface area contributed by atoms with Crippen molar-refractivity contribution in [3.8, 4) is 11.5 Å². The van der Waals surface area contributed by atoms with Gasteiger partial charge in [0.1, 0.15) is 24.2 Å². The van der Waals surface area contributed by atoms with Crippen LogP contribution in [0.3, 0.4) is 0 Å². The summed E-state index contributed by atoms with van der Waals surface area (Å²) in [6.07, 6.45) is 0.370. The molecule has 0 saturated carbocycles. The predicted octanol–water partition coefficient (Wildman–Crippen LogP) is 1.78. The molecule has 2 aromatic heterocycles. The number of nitrogens with one attached hydrogen (secondary N) is 2. The third-order valence-corrected chi connectivity index (χ3v) is 5.44. The molecule has 4 aromatic rings. The SMILES string of the molecule is Cn1c(=O)[nH]c(=O)c2c1nc(N/N=C/c1cc(Br)ccc1O)n2C[C@@H](O)COc1ccccc1. The maximum atomic E-state index is 12.6. The lowest BCUT2D eigenvalue weighted by Gasteiger charge is -2.15. The number of imidazole rings is 1. The summed E-state index contributed by atoms with van der Waals surface area (Å²) in [7, 11) is 1.47. The van der Waals surface area contributed by atoms with Crippen molar-refractivity contribution in [2.75, 3.05) is 12.0 Å². The molecule has 0 saturated heterocycles. The Hall–Kier alpha value is -3.90. The maximum Gasteiger partial charge on any atom is 0.329 e. The Bertz CT molecular complexity index is 1460. The number of halogens is 1. The van der Waals surface area contributed by atoms with Crippen molar-refractivity contribution in [1.29, 1.82) is 0 Å². The first kappa shape index (κ1) is 23.3. The third-order valence-electron chi connectivity index (χ3n) is 4.94. The Balaban J connectivity index is 1.64. The predicted molar refractivity (Wildman–Crippen MR) is 131 cm³/mol. The first-order valence-corrected chi connectivity index (χ1v) is 11.0. The summed E-state index contributed by atoms with van der Waals surface area (Å²) in [5.41, 5.74) is 2.10. The van der Waals surface area contributed by atoms with Crippen molar-refractivity contribution < 1.29 is 14.9 Å². The number of aryl methyl sites for hydroxylation is 1. The first-order chi connectivity index (χ1) is 16.3. The number of hydrogen-bond acceptors (Lipinski definition) is 8. The van der Waals surface area contributed by atoms with E-state index in [9.17, 15) is 19.8 Å². The highest BCUT2D eigenvalue weighted by atomic mass is 79.9. The number of aliphatic hydroxyl groups is 1. The average Bonchev–Trinajstić information content (AvgIpc) is 3.18. The zero-order valence-electron chi connectivity index (χ0n) is 18.0. The zero-order valence-corrected chi connectivity index (χ0v) is 19.6. The van der Waals surface area contributed by atoms with Gasteiger partial charge in [-0.05, 0) is 30.3 Å². The molecule has 0 aliphatic rings. The summed E-state index contributed by atoms with van der Waals surface area (Å²) in [5.74, 6) is 0.731. The zero-order chi connectivity index (χ0) is 24.2. The Morgan fingerprint density at radius 1 is 1.26 bits per heavy atom. The number of fused-ring (bicyclic) bond motifs is 1. The number of phenols is 1. The fraction of sp³-hybridized carbons (Fsp3) is 0.182. The highest BCUT2D eigenvalue weighted by Crippen LogP contribution is 2.21. The summed E-state index contributed by atoms with van der Waals surface area (Å²) < 4.78 is 8.96. The van der Waals surface area contributed by atoms with Crippen molar-refractivity contribution in [1.82, 2.24) is 19.1 Å². The second-order valence-electron chi connectivity index (χ2n) is 7.39. The van der Waals surface area contributed by atoms with Gasteiger partial charge in [0.2, 0.25) is 5.95 Å². The quantitative estimate of drug-likeness (QED) is 0.201. The molecule has 0 radical (unpaired) electrons. The number of para-hydroxylation sites is 1. The van der Waals surface area contributed by atoms with E-state index in [0.29, 0.717) is 11.3 Å². The van der Waals surface area contributed by atoms with Crippen LogP contribution in [0.1, 0.15) is 5.56 Å². The van der Waals surface area contributed by atoms with Crippen molar-refractivity contribution in [3.63, 3.8) is 0 Å². The number of aliphatic hydroxyl groups excluding tert-OH is 1. The minimum atomic E-state index is -1.01. The van der Waals surface area contributed by atoms with Crippen LogP contribution in [-0.2, 0) is 13.6 Å². The molecule has 0 aliphatic carbocycles. The molecule has 1 atom stereocenters. The first-order valence-electron chi connectivity index (χ1n) is 10.2. The number of hydrazone groups is 1. The van der Waals surface area contributed by atoms with Crippen LogP contribution in [0.25, 0.3) is 11.2 Å². The molecular weight excluding hydrogens is 508 g/mol. The van der Waals surface area contributed by atoms with Crippen molar-refractivity contribution in [3.05, 3.63) is 79.4 Å². The van der Waals surface area contributed by atoms with Gasteiger partial charge in [0.25, 0.3) is 5.56 Å². The standard InChI is InChI=1S/C22H21BrN6O5/c1-28-19-18(20(32)26-22(28)33)29(11-15(30)12-34-16-5-3-2-4-6-16)21(25-19)27-24-10-13-9-14(23)7-8-17(13)31/h2-10,15,30-31H,11-12H2,1H3,(H,25,27)(H,26,32,33)/b24-10+/t15-/m1/s1. The van der Waals surface area contributed by atoms with E-state index in [2.05, 4.69) is 36.4 Å². The molecule has 4 N–H and O–H groups in total. The third kappa shape index (κ3) is 5.02. The fourth-order valence-electron chi connectivity index (χ4n) is 3.26. The molecule has 2 aromatic carbocycles. The molecule has 0 amide bonds. The minimum Gasteiger partial charge on any atom is -0.507 e. The van der Waals surface area contributed by atoms with Gasteiger partial charge < -0.3 is 19.5 Å². The van der Waals surface area contributed by atoms with Gasteiger partial charge in [0.15, 0.2) is 11.2 Å². The van der Waals surface area contributed by atoms with Gasteiger partial charge in [-0.1, -0.05) is 34.1 Å². The largest absolute Gasteiger partial charge is 0.507 e. The number of rotatable bonds is 8. The van der Waals surface area contributed by atoms with E-state index in [-0.39, 0.29) is 36.0 Å². The topological polar surface area (TPSA) is 147 Å². The Morgan fingerprint density at radius 3 is 2.79 bits per heavy atom. The number of ether oxygens (including phenoxy) is 1. The summed E-state index contributed by atoms with van der Waals surface area (Å²) in [4.78, 5) is 31.2. The van der Waals surface area contributed by atoms with Crippen LogP contribution in [0.2, 0.25) is 0 Å². The molecule has 11 nitrogen and oxygen atoms in total. The number of aromatic nitrogens is 4. The lowest BCUT2D eigenvalue weighted by atomic mass is 10.2. The number of aromatic hydroxyl groups is 1. The summed E-state index contributed by atoms with van der Waals surface area (Å²) >= 11 is 3.33. The molecule has 176 valence electrons. The molecule has 4 rings (SSSR count). The van der Waals surface area contributed by atoms with E-state index >= 15 is 0 Å². The molecule has 12 heteroatoms. The molecular formula is C22H21BrN6O5. The number of benzene rings is 2. The highest BCUT2D eigenvalue weighted by molar-refractivity contribution is 9.10. The second kappa shape index (κ2) is 9.93. The van der Waals surface area contributed by atoms with Crippen LogP contribution < -0.4 is 21.4 Å². The number of aromatic amines is 1. The van der Waals surface area contributed by atoms with Gasteiger partial charge in [0.05, 0.1) is 12.8 Å². The smallest absolute Gasteiger partial charge is 0.329 e. The molecule has 34 heavy (non-hydrogen) atoms. The minimum absolute atomic E-state index is 0.0228. The Morgan fingerprint density at radius 2 is 2.03 bits per heavy atom. The van der Waals surface area contributed by atoms with E-state index in [4.69, 9.17) is 4.74 Å². The second-order valence-corrected chi connectivity index (χ2v) is 8.30. The number of H-pyrrole nitrogens is 1. The van der Waals surface area contributed by atoms with Gasteiger partial charge in [-0.15, -0.1) is 0 Å². The lowest BCUT2D eigenvalue weighted by Crippen LogP contribution is -2.30. The summed E-state index contributed by atoms with van der Waals surface area (Å²) in [5, 5.41) is 24.7. The van der Waals surface area contributed by atoms with Gasteiger partial charge in [-0.2, -0.15) is 10.1 Å². The monoisotopic (exact) mass is 528 g/mol. The maximum absolute atomic E-state index is 12.6. The normalized spacial score (nSPS) is 12.3. The Labute approximate surface area is 201 Å². The average molecular weight is 529 g/mol. The molecule has 0 unspecified atom stereocenters. The van der Waals surface area contributed by atoms with E-state index in [1.807, 2.05) is 18.2 Å². The van der Waals surface area contributed by atoms with Crippen LogP contribution in [0.15, 0.2) is 67.7 Å². The van der Waals surface area contributed by atoms with Crippen LogP contribution in [0, 0.1) is 0 Å². The summed E-state index contributed by atoms with van der Waals surface area (Å²) in [6.45, 7) is -0.105. The van der Waals surface area contributed by atoms with Crippen LogP contribution in [0.4, 0.5) is 5.95 Å². The van der Waals surface area contributed by atoms with Crippen LogP contribution >= 0.6 is 15.9 Å². The van der Waals surface area contributed by atoms with Gasteiger partial charge in [-0.25, -0.2) is 10.2 Å². The van der Waals surface area contributed by atoms with Gasteiger partial charge in [-0.3, -0.25) is 14.3 Å². The van der Waals surface area contributed by atoms with Gasteiger partial charge >= 0.3 is 5.69 Å². The molecule has 0 spiro atoms. The summed E-state index contributed by atoms with van der Waals surface area (Å²) in [6, 6.07) is 13.9. The Kier molecular flexibility index (Phi) is 6.80. The molecule has 2 heterocycles. The van der Waals surface area contributed by atoms with Crippen molar-refractivity contribution >= 4 is 39.3 Å². The van der Waals surface area contributed by atoms with Crippen molar-refractivity contribution in [2.24, 2.45) is 12.1 Å². The molecule has 0 fully saturated rings. The number of phenolic OH excluding ortho intramolecular Hbond substituents is 1. The van der Waals surface area contributed by atoms with Crippen LogP contribution in [-0.4, -0.2) is 48.2 Å². The highest BCUT2D eigenvalue weighted by Gasteiger charge is 2.20. The lowest BCUT2D eigenvalue weighted by molar-refractivity contribution is 0.0938. The van der Waals surface area contributed by atoms with E-state index < -0.39 is 17.4 Å². The van der Waals surface area contributed by atoms with Gasteiger partial charge in [0, 0.05) is 17.1 Å². The number of nitrogens with zero attached hydrogens (tertiary/aromatic N) is 4. The number of hydrogen-bond donors (Lipinski definition) is 4. The molecule has 0 aliphatic heterocycles. The molecule has 0 bridgehead atoms. The van der Waals surface area contributed by atoms with Crippen molar-refractivity contribution in [2.45, 2.75) is 12.6 Å². The van der Waals surface area contributed by atoms with E-state index in [1.165, 1.54) is 28.5 Å². The van der Waals surface area contributed by atoms with Crippen LogP contribution in [0.5, 0.6) is 11.5 Å². The fourth-order valence-corrected chi connectivity index (χ4v) is 3.64. The van der Waals surface area contributed by atoms with E-state index in [0.717, 1.165) is 4.47 Å². The van der Waals surface area contributed by atoms with E-state index in [1.54, 1.807) is 24.3 Å².